The molecule has 2 rings (SSSR count). The Hall–Kier alpha value is -2.04. The lowest BCUT2D eigenvalue weighted by Gasteiger charge is -2.46. The molecule has 0 radical (unpaired) electrons. The SMILES string of the molecule is NC(=O)N(CCc1ccccc1)C1(C(=O)O)CCC1. The van der Waals surface area contributed by atoms with Crippen LogP contribution >= 0.6 is 0 Å². The standard InChI is InChI=1S/C14H18N2O3/c15-13(19)16(14(12(17)18)8-4-9-14)10-7-11-5-2-1-3-6-11/h1-3,5-6H,4,7-10H2,(H2,15,19)(H,17,18). The van der Waals surface area contributed by atoms with E-state index in [1.807, 2.05) is 30.3 Å². The first-order chi connectivity index (χ1) is 9.06. The van der Waals surface area contributed by atoms with E-state index < -0.39 is 17.5 Å². The zero-order valence-electron chi connectivity index (χ0n) is 10.7. The molecule has 1 aromatic rings. The summed E-state index contributed by atoms with van der Waals surface area (Å²) in [6, 6.07) is 9.00. The summed E-state index contributed by atoms with van der Waals surface area (Å²) in [4.78, 5) is 24.3. The zero-order valence-corrected chi connectivity index (χ0v) is 10.7. The molecule has 102 valence electrons. The van der Waals surface area contributed by atoms with Gasteiger partial charge in [0.25, 0.3) is 0 Å². The Kier molecular flexibility index (Phi) is 3.74. The van der Waals surface area contributed by atoms with Gasteiger partial charge < -0.3 is 15.7 Å². The fourth-order valence-corrected chi connectivity index (χ4v) is 2.53. The van der Waals surface area contributed by atoms with E-state index >= 15 is 0 Å². The van der Waals surface area contributed by atoms with Gasteiger partial charge in [-0.1, -0.05) is 30.3 Å². The van der Waals surface area contributed by atoms with Crippen LogP contribution in [0.2, 0.25) is 0 Å². The van der Waals surface area contributed by atoms with Gasteiger partial charge in [0, 0.05) is 6.54 Å². The number of nitrogens with zero attached hydrogens (tertiary/aromatic N) is 1. The molecule has 1 aliphatic rings. The van der Waals surface area contributed by atoms with Crippen LogP contribution < -0.4 is 5.73 Å². The lowest BCUT2D eigenvalue weighted by atomic mass is 9.75. The van der Waals surface area contributed by atoms with Crippen molar-refractivity contribution in [1.29, 1.82) is 0 Å². The molecular weight excluding hydrogens is 244 g/mol. The third-order valence-corrected chi connectivity index (χ3v) is 3.83. The summed E-state index contributed by atoms with van der Waals surface area (Å²) in [6.45, 7) is 0.339. The number of carbonyl (C=O) groups excluding carboxylic acids is 1. The van der Waals surface area contributed by atoms with Gasteiger partial charge in [0.05, 0.1) is 0 Å². The zero-order chi connectivity index (χ0) is 13.9. The summed E-state index contributed by atoms with van der Waals surface area (Å²) >= 11 is 0. The summed E-state index contributed by atoms with van der Waals surface area (Å²) in [5, 5.41) is 9.35. The average Bonchev–Trinajstić information content (AvgIpc) is 2.32. The summed E-state index contributed by atoms with van der Waals surface area (Å²) in [7, 11) is 0. The Labute approximate surface area is 112 Å². The van der Waals surface area contributed by atoms with Crippen LogP contribution in [0.25, 0.3) is 0 Å². The second-order valence-corrected chi connectivity index (χ2v) is 4.92. The van der Waals surface area contributed by atoms with Gasteiger partial charge in [-0.05, 0) is 31.2 Å². The number of rotatable bonds is 5. The molecule has 5 heteroatoms. The van der Waals surface area contributed by atoms with Crippen LogP contribution in [-0.2, 0) is 11.2 Å². The van der Waals surface area contributed by atoms with E-state index in [-0.39, 0.29) is 0 Å². The number of hydrogen-bond acceptors (Lipinski definition) is 2. The van der Waals surface area contributed by atoms with Gasteiger partial charge >= 0.3 is 12.0 Å². The number of aliphatic carboxylic acids is 1. The van der Waals surface area contributed by atoms with Crippen molar-refractivity contribution >= 4 is 12.0 Å². The van der Waals surface area contributed by atoms with Crippen molar-refractivity contribution in [1.82, 2.24) is 4.90 Å². The highest BCUT2D eigenvalue weighted by Crippen LogP contribution is 2.38. The summed E-state index contributed by atoms with van der Waals surface area (Å²) < 4.78 is 0. The predicted molar refractivity (Wildman–Crippen MR) is 70.7 cm³/mol. The molecule has 0 spiro atoms. The van der Waals surface area contributed by atoms with E-state index in [0.717, 1.165) is 12.0 Å². The van der Waals surface area contributed by atoms with Crippen LogP contribution in [0.4, 0.5) is 4.79 Å². The molecule has 2 amide bonds. The van der Waals surface area contributed by atoms with Crippen molar-refractivity contribution in [2.45, 2.75) is 31.2 Å². The number of hydrogen-bond donors (Lipinski definition) is 2. The summed E-state index contributed by atoms with van der Waals surface area (Å²) in [5.41, 5.74) is 5.34. The van der Waals surface area contributed by atoms with Crippen molar-refractivity contribution in [3.05, 3.63) is 35.9 Å². The van der Waals surface area contributed by atoms with Gasteiger partial charge in [-0.3, -0.25) is 0 Å². The Balaban J connectivity index is 2.09. The topological polar surface area (TPSA) is 83.6 Å². The molecule has 3 N–H and O–H groups in total. The van der Waals surface area contributed by atoms with Crippen LogP contribution in [0.15, 0.2) is 30.3 Å². The number of urea groups is 1. The van der Waals surface area contributed by atoms with Gasteiger partial charge in [-0.25, -0.2) is 9.59 Å². The third-order valence-electron chi connectivity index (χ3n) is 3.83. The van der Waals surface area contributed by atoms with E-state index in [1.165, 1.54) is 4.90 Å². The highest BCUT2D eigenvalue weighted by Gasteiger charge is 2.50. The molecule has 0 saturated heterocycles. The second-order valence-electron chi connectivity index (χ2n) is 4.92. The van der Waals surface area contributed by atoms with Gasteiger partial charge in [-0.2, -0.15) is 0 Å². The average molecular weight is 262 g/mol. The first-order valence-electron chi connectivity index (χ1n) is 6.41. The maximum absolute atomic E-state index is 11.5. The molecule has 0 aliphatic heterocycles. The molecule has 0 bridgehead atoms. The number of primary amides is 1. The fourth-order valence-electron chi connectivity index (χ4n) is 2.53. The number of amides is 2. The van der Waals surface area contributed by atoms with Crippen LogP contribution in [0.1, 0.15) is 24.8 Å². The van der Waals surface area contributed by atoms with Crippen molar-refractivity contribution in [3.63, 3.8) is 0 Å². The summed E-state index contributed by atoms with van der Waals surface area (Å²) in [6.07, 6.45) is 2.40. The molecular formula is C14H18N2O3. The molecule has 1 fully saturated rings. The Morgan fingerprint density at radius 2 is 1.89 bits per heavy atom. The molecule has 0 heterocycles. The number of nitrogens with two attached hydrogens (primary N) is 1. The van der Waals surface area contributed by atoms with Crippen molar-refractivity contribution < 1.29 is 14.7 Å². The largest absolute Gasteiger partial charge is 0.479 e. The number of carbonyl (C=O) groups is 2. The number of carboxylic acid groups (broad SMARTS) is 1. The Morgan fingerprint density at radius 3 is 2.32 bits per heavy atom. The van der Waals surface area contributed by atoms with E-state index in [4.69, 9.17) is 5.73 Å². The minimum Gasteiger partial charge on any atom is -0.479 e. The molecule has 1 aromatic carbocycles. The molecule has 5 nitrogen and oxygen atoms in total. The van der Waals surface area contributed by atoms with Gasteiger partial charge in [0.15, 0.2) is 0 Å². The van der Waals surface area contributed by atoms with Crippen LogP contribution in [0.5, 0.6) is 0 Å². The van der Waals surface area contributed by atoms with E-state index in [9.17, 15) is 14.7 Å². The van der Waals surface area contributed by atoms with Gasteiger partial charge in [0.1, 0.15) is 5.54 Å². The van der Waals surface area contributed by atoms with Crippen molar-refractivity contribution in [2.75, 3.05) is 6.54 Å². The Morgan fingerprint density at radius 1 is 1.26 bits per heavy atom. The van der Waals surface area contributed by atoms with Crippen LogP contribution in [0, 0.1) is 0 Å². The van der Waals surface area contributed by atoms with E-state index in [0.29, 0.717) is 25.8 Å². The molecule has 1 saturated carbocycles. The molecule has 0 unspecified atom stereocenters. The minimum absolute atomic E-state index is 0.339. The molecule has 0 atom stereocenters. The van der Waals surface area contributed by atoms with Gasteiger partial charge in [0.2, 0.25) is 0 Å². The predicted octanol–water partition coefficient (Wildman–Crippen LogP) is 1.62. The lowest BCUT2D eigenvalue weighted by molar-refractivity contribution is -0.155. The lowest BCUT2D eigenvalue weighted by Crippen LogP contribution is -2.63. The number of carboxylic acids is 1. The van der Waals surface area contributed by atoms with E-state index in [2.05, 4.69) is 0 Å². The van der Waals surface area contributed by atoms with Crippen molar-refractivity contribution in [3.8, 4) is 0 Å². The quantitative estimate of drug-likeness (QED) is 0.845. The first-order valence-corrected chi connectivity index (χ1v) is 6.41. The maximum Gasteiger partial charge on any atom is 0.329 e. The molecule has 0 aromatic heterocycles. The highest BCUT2D eigenvalue weighted by molar-refractivity contribution is 5.86. The first kappa shape index (κ1) is 13.4. The normalized spacial score (nSPS) is 16.4. The smallest absolute Gasteiger partial charge is 0.329 e. The summed E-state index contributed by atoms with van der Waals surface area (Å²) in [5.74, 6) is -0.953. The van der Waals surface area contributed by atoms with Crippen molar-refractivity contribution in [2.24, 2.45) is 5.73 Å². The molecule has 1 aliphatic carbocycles. The highest BCUT2D eigenvalue weighted by atomic mass is 16.4. The van der Waals surface area contributed by atoms with Gasteiger partial charge in [-0.15, -0.1) is 0 Å². The number of benzene rings is 1. The minimum atomic E-state index is -1.08. The third kappa shape index (κ3) is 2.54. The second kappa shape index (κ2) is 5.30. The maximum atomic E-state index is 11.5. The van der Waals surface area contributed by atoms with Crippen LogP contribution in [-0.4, -0.2) is 34.1 Å². The monoisotopic (exact) mass is 262 g/mol. The molecule has 19 heavy (non-hydrogen) atoms. The van der Waals surface area contributed by atoms with Crippen LogP contribution in [0.3, 0.4) is 0 Å². The fraction of sp³-hybridized carbons (Fsp3) is 0.429. The van der Waals surface area contributed by atoms with E-state index in [1.54, 1.807) is 0 Å². The Bertz CT molecular complexity index is 469.